The van der Waals surface area contributed by atoms with E-state index < -0.39 is 0 Å². The molecule has 0 atom stereocenters. The van der Waals surface area contributed by atoms with Crippen LogP contribution in [0.5, 0.6) is 5.75 Å². The van der Waals surface area contributed by atoms with Gasteiger partial charge in [-0.3, -0.25) is 4.79 Å². The molecule has 7 nitrogen and oxygen atoms in total. The van der Waals surface area contributed by atoms with Gasteiger partial charge in [0, 0.05) is 45.1 Å². The zero-order valence-electron chi connectivity index (χ0n) is 15.1. The number of rotatable bonds is 5. The summed E-state index contributed by atoms with van der Waals surface area (Å²) in [6.45, 7) is 8.03. The summed E-state index contributed by atoms with van der Waals surface area (Å²) in [5, 5.41) is 0. The molecule has 134 valence electrons. The quantitative estimate of drug-likeness (QED) is 0.822. The van der Waals surface area contributed by atoms with Crippen LogP contribution in [0.1, 0.15) is 13.8 Å². The third kappa shape index (κ3) is 3.92. The molecule has 3 heterocycles. The second-order valence-corrected chi connectivity index (χ2v) is 6.63. The molecule has 2 aromatic heterocycles. The summed E-state index contributed by atoms with van der Waals surface area (Å²) in [6, 6.07) is 3.88. The summed E-state index contributed by atoms with van der Waals surface area (Å²) < 4.78 is 6.90. The van der Waals surface area contributed by atoms with Gasteiger partial charge in [0.05, 0.1) is 13.3 Å². The van der Waals surface area contributed by atoms with Crippen molar-refractivity contribution in [3.63, 3.8) is 0 Å². The topological polar surface area (TPSA) is 63.5 Å². The average Bonchev–Trinajstić information content (AvgIpc) is 2.63. The third-order valence-electron chi connectivity index (χ3n) is 4.32. The Morgan fingerprint density at radius 1 is 1.12 bits per heavy atom. The van der Waals surface area contributed by atoms with Gasteiger partial charge in [-0.2, -0.15) is 0 Å². The highest BCUT2D eigenvalue weighted by molar-refractivity contribution is 5.45. The molecule has 0 aliphatic carbocycles. The van der Waals surface area contributed by atoms with Crippen molar-refractivity contribution in [2.24, 2.45) is 5.92 Å². The molecular weight excluding hydrogens is 318 g/mol. The molecule has 0 radical (unpaired) electrons. The Labute approximate surface area is 147 Å². The van der Waals surface area contributed by atoms with Crippen LogP contribution in [-0.2, 0) is 6.54 Å². The first-order valence-corrected chi connectivity index (χ1v) is 8.64. The Kier molecular flexibility index (Phi) is 5.21. The maximum absolute atomic E-state index is 12.6. The SMILES string of the molecule is COc1ccc(N2CCN(c3nccn(CC(C)C)c3=O)CC2)nc1. The van der Waals surface area contributed by atoms with E-state index in [0.717, 1.165) is 37.7 Å². The van der Waals surface area contributed by atoms with E-state index >= 15 is 0 Å². The minimum atomic E-state index is -0.00720. The Bertz CT molecular complexity index is 749. The number of hydrogen-bond acceptors (Lipinski definition) is 6. The van der Waals surface area contributed by atoms with E-state index in [0.29, 0.717) is 18.3 Å². The van der Waals surface area contributed by atoms with Gasteiger partial charge >= 0.3 is 0 Å². The molecule has 25 heavy (non-hydrogen) atoms. The molecule has 7 heteroatoms. The number of nitrogens with zero attached hydrogens (tertiary/aromatic N) is 5. The molecular formula is C18H25N5O2. The fraction of sp³-hybridized carbons (Fsp3) is 0.500. The lowest BCUT2D eigenvalue weighted by atomic mass is 10.2. The van der Waals surface area contributed by atoms with E-state index in [1.54, 1.807) is 30.3 Å². The summed E-state index contributed by atoms with van der Waals surface area (Å²) in [7, 11) is 1.63. The van der Waals surface area contributed by atoms with E-state index in [4.69, 9.17) is 4.74 Å². The van der Waals surface area contributed by atoms with Crippen LogP contribution in [0.15, 0.2) is 35.5 Å². The summed E-state index contributed by atoms with van der Waals surface area (Å²) >= 11 is 0. The molecule has 0 saturated carbocycles. The smallest absolute Gasteiger partial charge is 0.293 e. The summed E-state index contributed by atoms with van der Waals surface area (Å²) in [5.41, 5.74) is -0.00720. The molecule has 1 aliphatic rings. The van der Waals surface area contributed by atoms with Gasteiger partial charge in [-0.15, -0.1) is 0 Å². The number of anilines is 2. The molecule has 2 aromatic rings. The van der Waals surface area contributed by atoms with Crippen molar-refractivity contribution < 1.29 is 4.74 Å². The lowest BCUT2D eigenvalue weighted by Gasteiger charge is -2.35. The van der Waals surface area contributed by atoms with Gasteiger partial charge < -0.3 is 19.1 Å². The van der Waals surface area contributed by atoms with Crippen LogP contribution < -0.4 is 20.1 Å². The van der Waals surface area contributed by atoms with E-state index in [-0.39, 0.29) is 5.56 Å². The van der Waals surface area contributed by atoms with Gasteiger partial charge in [0.1, 0.15) is 11.6 Å². The molecule has 0 spiro atoms. The lowest BCUT2D eigenvalue weighted by molar-refractivity contribution is 0.413. The maximum Gasteiger partial charge on any atom is 0.293 e. The van der Waals surface area contributed by atoms with Gasteiger partial charge in [-0.25, -0.2) is 9.97 Å². The number of piperazine rings is 1. The predicted octanol–water partition coefficient (Wildman–Crippen LogP) is 1.63. The van der Waals surface area contributed by atoms with Crippen LogP contribution in [0.3, 0.4) is 0 Å². The highest BCUT2D eigenvalue weighted by Gasteiger charge is 2.21. The van der Waals surface area contributed by atoms with Gasteiger partial charge in [0.25, 0.3) is 5.56 Å². The number of pyridine rings is 1. The van der Waals surface area contributed by atoms with Crippen molar-refractivity contribution in [2.75, 3.05) is 43.1 Å². The number of methoxy groups -OCH3 is 1. The Morgan fingerprint density at radius 2 is 1.84 bits per heavy atom. The fourth-order valence-electron chi connectivity index (χ4n) is 3.02. The minimum Gasteiger partial charge on any atom is -0.495 e. The first-order valence-electron chi connectivity index (χ1n) is 8.64. The molecule has 3 rings (SSSR count). The van der Waals surface area contributed by atoms with E-state index in [2.05, 4.69) is 33.6 Å². The Hall–Kier alpha value is -2.57. The number of ether oxygens (including phenoxy) is 1. The van der Waals surface area contributed by atoms with Crippen molar-refractivity contribution in [3.8, 4) is 5.75 Å². The largest absolute Gasteiger partial charge is 0.495 e. The molecule has 0 bridgehead atoms. The summed E-state index contributed by atoms with van der Waals surface area (Å²) in [5.74, 6) is 2.65. The van der Waals surface area contributed by atoms with E-state index in [1.165, 1.54) is 0 Å². The second kappa shape index (κ2) is 7.55. The normalized spacial score (nSPS) is 14.9. The number of aromatic nitrogens is 3. The molecule has 0 unspecified atom stereocenters. The summed E-state index contributed by atoms with van der Waals surface area (Å²) in [6.07, 6.45) is 5.21. The third-order valence-corrected chi connectivity index (χ3v) is 4.32. The van der Waals surface area contributed by atoms with Crippen molar-refractivity contribution in [3.05, 3.63) is 41.1 Å². The molecule has 0 aromatic carbocycles. The van der Waals surface area contributed by atoms with Crippen LogP contribution in [0.25, 0.3) is 0 Å². The zero-order chi connectivity index (χ0) is 17.8. The monoisotopic (exact) mass is 343 g/mol. The molecule has 1 saturated heterocycles. The predicted molar refractivity (Wildman–Crippen MR) is 98.6 cm³/mol. The zero-order valence-corrected chi connectivity index (χ0v) is 15.1. The molecule has 0 N–H and O–H groups in total. The first kappa shape index (κ1) is 17.3. The fourth-order valence-corrected chi connectivity index (χ4v) is 3.02. The highest BCUT2D eigenvalue weighted by Crippen LogP contribution is 2.18. The molecule has 1 aliphatic heterocycles. The average molecular weight is 343 g/mol. The van der Waals surface area contributed by atoms with E-state index in [1.807, 2.05) is 12.1 Å². The standard InChI is InChI=1S/C18H25N5O2/c1-14(2)13-23-7-6-19-17(18(23)24)22-10-8-21(9-11-22)16-5-4-15(25-3)12-20-16/h4-7,12,14H,8-11,13H2,1-3H3. The highest BCUT2D eigenvalue weighted by atomic mass is 16.5. The van der Waals surface area contributed by atoms with Crippen molar-refractivity contribution in [1.29, 1.82) is 0 Å². The van der Waals surface area contributed by atoms with Crippen LogP contribution in [0.4, 0.5) is 11.6 Å². The second-order valence-electron chi connectivity index (χ2n) is 6.63. The molecule has 0 amide bonds. The van der Waals surface area contributed by atoms with E-state index in [9.17, 15) is 4.79 Å². The van der Waals surface area contributed by atoms with Gasteiger partial charge in [-0.1, -0.05) is 13.8 Å². The summed E-state index contributed by atoms with van der Waals surface area (Å²) in [4.78, 5) is 25.7. The number of hydrogen-bond donors (Lipinski definition) is 0. The van der Waals surface area contributed by atoms with Crippen LogP contribution >= 0.6 is 0 Å². The van der Waals surface area contributed by atoms with Gasteiger partial charge in [0.2, 0.25) is 0 Å². The Balaban J connectivity index is 1.69. The van der Waals surface area contributed by atoms with Crippen LogP contribution in [-0.4, -0.2) is 47.8 Å². The van der Waals surface area contributed by atoms with Gasteiger partial charge in [-0.05, 0) is 18.1 Å². The van der Waals surface area contributed by atoms with Gasteiger partial charge in [0.15, 0.2) is 5.82 Å². The first-order chi connectivity index (χ1) is 12.1. The van der Waals surface area contributed by atoms with Crippen molar-refractivity contribution in [2.45, 2.75) is 20.4 Å². The lowest BCUT2D eigenvalue weighted by Crippen LogP contribution is -2.49. The van der Waals surface area contributed by atoms with Crippen molar-refractivity contribution >= 4 is 11.6 Å². The minimum absolute atomic E-state index is 0.00720. The van der Waals surface area contributed by atoms with Crippen LogP contribution in [0, 0.1) is 5.92 Å². The van der Waals surface area contributed by atoms with Crippen LogP contribution in [0.2, 0.25) is 0 Å². The van der Waals surface area contributed by atoms with Crippen molar-refractivity contribution in [1.82, 2.24) is 14.5 Å². The maximum atomic E-state index is 12.6. The molecule has 1 fully saturated rings. The Morgan fingerprint density at radius 3 is 2.44 bits per heavy atom.